The Morgan fingerprint density at radius 3 is 2.86 bits per heavy atom. The number of aromatic nitrogens is 1. The molecule has 0 bridgehead atoms. The molecule has 0 spiro atoms. The first-order chi connectivity index (χ1) is 10.1. The number of nitrogens with one attached hydrogen (secondary N) is 2. The van der Waals surface area contributed by atoms with Crippen molar-refractivity contribution in [2.24, 2.45) is 11.8 Å². The summed E-state index contributed by atoms with van der Waals surface area (Å²) in [6.45, 7) is 4.53. The number of benzene rings is 1. The maximum absolute atomic E-state index is 12.5. The number of H-pyrrole nitrogens is 1. The van der Waals surface area contributed by atoms with Gasteiger partial charge in [-0.1, -0.05) is 32.8 Å². The summed E-state index contributed by atoms with van der Waals surface area (Å²) in [5, 5.41) is 4.41. The van der Waals surface area contributed by atoms with Crippen molar-refractivity contribution in [3.05, 3.63) is 36.0 Å². The molecule has 1 aromatic heterocycles. The molecule has 2 atom stereocenters. The van der Waals surface area contributed by atoms with Crippen molar-refractivity contribution in [1.82, 2.24) is 10.3 Å². The predicted octanol–water partition coefficient (Wildman–Crippen LogP) is 4.11. The first-order valence-corrected chi connectivity index (χ1v) is 8.03. The van der Waals surface area contributed by atoms with E-state index < -0.39 is 0 Å². The number of carbonyl (C=O) groups excluding carboxylic acids is 1. The molecule has 2 unspecified atom stereocenters. The maximum atomic E-state index is 12.5. The van der Waals surface area contributed by atoms with Crippen LogP contribution in [0.1, 0.15) is 49.9 Å². The fraction of sp³-hybridized carbons (Fsp3) is 0.500. The molecule has 3 nitrogen and oxygen atoms in total. The van der Waals surface area contributed by atoms with Gasteiger partial charge in [-0.15, -0.1) is 0 Å². The normalized spacial score (nSPS) is 22.6. The molecule has 112 valence electrons. The Labute approximate surface area is 126 Å². The minimum Gasteiger partial charge on any atom is -0.361 e. The van der Waals surface area contributed by atoms with Gasteiger partial charge in [0, 0.05) is 23.3 Å². The fourth-order valence-electron chi connectivity index (χ4n) is 3.58. The average Bonchev–Trinajstić information content (AvgIpc) is 2.94. The summed E-state index contributed by atoms with van der Waals surface area (Å²) in [5.41, 5.74) is 1.77. The van der Waals surface area contributed by atoms with Gasteiger partial charge in [0.1, 0.15) is 0 Å². The van der Waals surface area contributed by atoms with E-state index in [2.05, 4.69) is 24.1 Å². The molecule has 1 fully saturated rings. The summed E-state index contributed by atoms with van der Waals surface area (Å²) in [6, 6.07) is 8.20. The zero-order valence-electron chi connectivity index (χ0n) is 12.9. The quantitative estimate of drug-likeness (QED) is 0.875. The van der Waals surface area contributed by atoms with Crippen molar-refractivity contribution < 1.29 is 4.79 Å². The van der Waals surface area contributed by atoms with Gasteiger partial charge in [0.2, 0.25) is 0 Å². The van der Waals surface area contributed by atoms with Gasteiger partial charge in [0.15, 0.2) is 0 Å². The largest absolute Gasteiger partial charge is 0.361 e. The van der Waals surface area contributed by atoms with Crippen molar-refractivity contribution >= 4 is 16.8 Å². The van der Waals surface area contributed by atoms with Gasteiger partial charge in [-0.2, -0.15) is 0 Å². The smallest absolute Gasteiger partial charge is 0.251 e. The van der Waals surface area contributed by atoms with Crippen molar-refractivity contribution in [3.8, 4) is 0 Å². The Kier molecular flexibility index (Phi) is 4.00. The molecule has 3 rings (SSSR count). The summed E-state index contributed by atoms with van der Waals surface area (Å²) >= 11 is 0. The van der Waals surface area contributed by atoms with Crippen LogP contribution in [-0.4, -0.2) is 16.9 Å². The van der Waals surface area contributed by atoms with Crippen molar-refractivity contribution in [3.63, 3.8) is 0 Å². The Hall–Kier alpha value is -1.77. The first-order valence-electron chi connectivity index (χ1n) is 8.03. The van der Waals surface area contributed by atoms with E-state index in [9.17, 15) is 4.79 Å². The predicted molar refractivity (Wildman–Crippen MR) is 86.3 cm³/mol. The van der Waals surface area contributed by atoms with Crippen LogP contribution in [0.3, 0.4) is 0 Å². The number of hydrogen-bond donors (Lipinski definition) is 2. The van der Waals surface area contributed by atoms with Gasteiger partial charge in [-0.3, -0.25) is 4.79 Å². The number of fused-ring (bicyclic) bond motifs is 1. The highest BCUT2D eigenvalue weighted by atomic mass is 16.1. The van der Waals surface area contributed by atoms with Gasteiger partial charge >= 0.3 is 0 Å². The second-order valence-corrected chi connectivity index (χ2v) is 6.55. The summed E-state index contributed by atoms with van der Waals surface area (Å²) < 4.78 is 0. The second kappa shape index (κ2) is 5.92. The number of carbonyl (C=O) groups is 1. The lowest BCUT2D eigenvalue weighted by Crippen LogP contribution is -2.43. The van der Waals surface area contributed by atoms with Crippen LogP contribution < -0.4 is 5.32 Å². The SMILES string of the molecule is CC(C)C1CCCCC1NC(=O)c1ccc2cc[nH]c2c1. The van der Waals surface area contributed by atoms with Crippen molar-refractivity contribution in [2.75, 3.05) is 0 Å². The Bertz CT molecular complexity index is 629. The van der Waals surface area contributed by atoms with E-state index >= 15 is 0 Å². The van der Waals surface area contributed by atoms with Gasteiger partial charge in [0.25, 0.3) is 5.91 Å². The lowest BCUT2D eigenvalue weighted by molar-refractivity contribution is 0.0889. The summed E-state index contributed by atoms with van der Waals surface area (Å²) in [5.74, 6) is 1.29. The van der Waals surface area contributed by atoms with Crippen LogP contribution >= 0.6 is 0 Å². The minimum absolute atomic E-state index is 0.0593. The zero-order valence-corrected chi connectivity index (χ0v) is 12.9. The Morgan fingerprint density at radius 1 is 1.24 bits per heavy atom. The van der Waals surface area contributed by atoms with E-state index in [1.54, 1.807) is 0 Å². The summed E-state index contributed by atoms with van der Waals surface area (Å²) in [7, 11) is 0. The number of rotatable bonds is 3. The van der Waals surface area contributed by atoms with Crippen molar-refractivity contribution in [1.29, 1.82) is 0 Å². The molecule has 1 amide bonds. The van der Waals surface area contributed by atoms with Crippen LogP contribution in [0.15, 0.2) is 30.5 Å². The number of aromatic amines is 1. The second-order valence-electron chi connectivity index (χ2n) is 6.55. The average molecular weight is 284 g/mol. The van der Waals surface area contributed by atoms with Crippen LogP contribution in [0, 0.1) is 11.8 Å². The van der Waals surface area contributed by atoms with E-state index in [0.717, 1.165) is 22.9 Å². The van der Waals surface area contributed by atoms with E-state index in [4.69, 9.17) is 0 Å². The fourth-order valence-corrected chi connectivity index (χ4v) is 3.58. The van der Waals surface area contributed by atoms with Crippen LogP contribution in [0.4, 0.5) is 0 Å². The van der Waals surface area contributed by atoms with Crippen molar-refractivity contribution in [2.45, 2.75) is 45.6 Å². The third-order valence-electron chi connectivity index (χ3n) is 4.81. The van der Waals surface area contributed by atoms with Gasteiger partial charge in [-0.25, -0.2) is 0 Å². The zero-order chi connectivity index (χ0) is 14.8. The molecule has 0 aliphatic heterocycles. The maximum Gasteiger partial charge on any atom is 0.251 e. The minimum atomic E-state index is 0.0593. The molecule has 21 heavy (non-hydrogen) atoms. The molecule has 0 radical (unpaired) electrons. The first kappa shape index (κ1) is 14.2. The van der Waals surface area contributed by atoms with Crippen LogP contribution in [0.2, 0.25) is 0 Å². The Balaban J connectivity index is 1.75. The van der Waals surface area contributed by atoms with E-state index in [-0.39, 0.29) is 5.91 Å². The lowest BCUT2D eigenvalue weighted by Gasteiger charge is -2.34. The highest BCUT2D eigenvalue weighted by Gasteiger charge is 2.28. The highest BCUT2D eigenvalue weighted by molar-refractivity contribution is 5.98. The summed E-state index contributed by atoms with van der Waals surface area (Å²) in [6.07, 6.45) is 6.77. The molecular weight excluding hydrogens is 260 g/mol. The van der Waals surface area contributed by atoms with E-state index in [1.807, 2.05) is 30.5 Å². The van der Waals surface area contributed by atoms with Crippen LogP contribution in [0.5, 0.6) is 0 Å². The number of amides is 1. The monoisotopic (exact) mass is 284 g/mol. The van der Waals surface area contributed by atoms with Gasteiger partial charge < -0.3 is 10.3 Å². The molecule has 1 aliphatic carbocycles. The molecule has 1 saturated carbocycles. The Morgan fingerprint density at radius 2 is 2.05 bits per heavy atom. The third kappa shape index (κ3) is 2.97. The topological polar surface area (TPSA) is 44.9 Å². The molecule has 2 N–H and O–H groups in total. The molecule has 1 heterocycles. The van der Waals surface area contributed by atoms with Crippen LogP contribution in [-0.2, 0) is 0 Å². The molecule has 0 saturated heterocycles. The lowest BCUT2D eigenvalue weighted by atomic mass is 9.78. The molecule has 1 aromatic carbocycles. The van der Waals surface area contributed by atoms with Gasteiger partial charge in [0.05, 0.1) is 0 Å². The molecule has 1 aliphatic rings. The molecule has 3 heteroatoms. The van der Waals surface area contributed by atoms with E-state index in [1.165, 1.54) is 19.3 Å². The number of hydrogen-bond acceptors (Lipinski definition) is 1. The van der Waals surface area contributed by atoms with E-state index in [0.29, 0.717) is 17.9 Å². The standard InChI is InChI=1S/C18H24N2O/c1-12(2)15-5-3-4-6-16(15)20-18(21)14-8-7-13-9-10-19-17(13)11-14/h7-12,15-16,19H,3-6H2,1-2H3,(H,20,21). The third-order valence-corrected chi connectivity index (χ3v) is 4.81. The van der Waals surface area contributed by atoms with Gasteiger partial charge in [-0.05, 0) is 48.3 Å². The molecule has 2 aromatic rings. The molecular formula is C18H24N2O. The summed E-state index contributed by atoms with van der Waals surface area (Å²) in [4.78, 5) is 15.7. The van der Waals surface area contributed by atoms with Crippen LogP contribution in [0.25, 0.3) is 10.9 Å². The highest BCUT2D eigenvalue weighted by Crippen LogP contribution is 2.30.